The fourth-order valence-electron chi connectivity index (χ4n) is 1.43. The summed E-state index contributed by atoms with van der Waals surface area (Å²) in [5.74, 6) is 1.23. The molecule has 0 aromatic heterocycles. The van der Waals surface area contributed by atoms with Crippen LogP contribution in [0.4, 0.5) is 0 Å². The van der Waals surface area contributed by atoms with Gasteiger partial charge in [-0.05, 0) is 49.6 Å². The summed E-state index contributed by atoms with van der Waals surface area (Å²) >= 11 is 5.40. The summed E-state index contributed by atoms with van der Waals surface area (Å²) in [6, 6.07) is 8.91. The largest absolute Gasteiger partial charge is 0.310 e. The van der Waals surface area contributed by atoms with Gasteiger partial charge in [-0.2, -0.15) is 11.8 Å². The molecule has 0 fully saturated rings. The van der Waals surface area contributed by atoms with E-state index >= 15 is 0 Å². The fourth-order valence-corrected chi connectivity index (χ4v) is 2.28. The van der Waals surface area contributed by atoms with E-state index in [-0.39, 0.29) is 0 Å². The van der Waals surface area contributed by atoms with Crippen molar-refractivity contribution in [3.05, 3.63) is 34.3 Å². The van der Waals surface area contributed by atoms with Crippen molar-refractivity contribution in [3.63, 3.8) is 0 Å². The van der Waals surface area contributed by atoms with Crippen molar-refractivity contribution in [2.75, 3.05) is 18.6 Å². The monoisotopic (exact) mass is 287 g/mol. The Kier molecular flexibility index (Phi) is 6.37. The molecule has 1 atom stereocenters. The normalized spacial score (nSPS) is 12.7. The first-order chi connectivity index (χ1) is 7.24. The molecule has 0 bridgehead atoms. The standard InChI is InChI=1S/C12H18BrNS/c1-10(14-7-4-8-15-2)11-5-3-6-12(13)9-11/h3,5-6,9-10,14H,4,7-8H2,1-2H3/t10-/m0/s1. The highest BCUT2D eigenvalue weighted by Gasteiger charge is 2.03. The topological polar surface area (TPSA) is 12.0 Å². The van der Waals surface area contributed by atoms with E-state index < -0.39 is 0 Å². The van der Waals surface area contributed by atoms with Crippen molar-refractivity contribution in [1.82, 2.24) is 5.32 Å². The molecule has 15 heavy (non-hydrogen) atoms. The van der Waals surface area contributed by atoms with Crippen molar-refractivity contribution < 1.29 is 0 Å². The van der Waals surface area contributed by atoms with Crippen LogP contribution in [0.1, 0.15) is 24.9 Å². The zero-order valence-corrected chi connectivity index (χ0v) is 11.7. The van der Waals surface area contributed by atoms with Crippen molar-refractivity contribution in [2.45, 2.75) is 19.4 Å². The number of rotatable bonds is 6. The molecule has 0 aliphatic rings. The van der Waals surface area contributed by atoms with Crippen molar-refractivity contribution in [1.29, 1.82) is 0 Å². The Hall–Kier alpha value is 0.01000. The second-order valence-electron chi connectivity index (χ2n) is 3.58. The highest BCUT2D eigenvalue weighted by molar-refractivity contribution is 9.10. The van der Waals surface area contributed by atoms with Crippen LogP contribution in [0.2, 0.25) is 0 Å². The van der Waals surface area contributed by atoms with Gasteiger partial charge in [-0.15, -0.1) is 0 Å². The Morgan fingerprint density at radius 2 is 2.27 bits per heavy atom. The molecule has 0 radical (unpaired) electrons. The molecule has 1 aromatic rings. The Balaban J connectivity index is 2.36. The molecule has 0 unspecified atom stereocenters. The van der Waals surface area contributed by atoms with E-state index in [0.717, 1.165) is 11.0 Å². The number of benzene rings is 1. The minimum Gasteiger partial charge on any atom is -0.310 e. The number of hydrogen-bond acceptors (Lipinski definition) is 2. The minimum atomic E-state index is 0.435. The van der Waals surface area contributed by atoms with Gasteiger partial charge in [-0.25, -0.2) is 0 Å². The Morgan fingerprint density at radius 1 is 1.47 bits per heavy atom. The summed E-state index contributed by atoms with van der Waals surface area (Å²) in [6.45, 7) is 3.30. The first kappa shape index (κ1) is 13.1. The lowest BCUT2D eigenvalue weighted by Gasteiger charge is -2.14. The third-order valence-corrected chi connectivity index (χ3v) is 3.51. The van der Waals surface area contributed by atoms with Crippen molar-refractivity contribution in [3.8, 4) is 0 Å². The van der Waals surface area contributed by atoms with Crippen LogP contribution < -0.4 is 5.32 Å². The molecule has 0 saturated heterocycles. The van der Waals surface area contributed by atoms with E-state index in [1.54, 1.807) is 0 Å². The van der Waals surface area contributed by atoms with Gasteiger partial charge in [-0.1, -0.05) is 28.1 Å². The average molecular weight is 288 g/mol. The van der Waals surface area contributed by atoms with E-state index in [1.807, 2.05) is 11.8 Å². The molecule has 0 saturated carbocycles. The lowest BCUT2D eigenvalue weighted by Crippen LogP contribution is -2.20. The average Bonchev–Trinajstić information content (AvgIpc) is 2.24. The number of thioether (sulfide) groups is 1. The van der Waals surface area contributed by atoms with E-state index in [9.17, 15) is 0 Å². The lowest BCUT2D eigenvalue weighted by molar-refractivity contribution is 0.572. The molecule has 0 amide bonds. The van der Waals surface area contributed by atoms with Crippen LogP contribution in [-0.2, 0) is 0 Å². The quantitative estimate of drug-likeness (QED) is 0.798. The summed E-state index contributed by atoms with van der Waals surface area (Å²) in [6.07, 6.45) is 3.39. The van der Waals surface area contributed by atoms with Gasteiger partial charge < -0.3 is 5.32 Å². The third-order valence-electron chi connectivity index (χ3n) is 2.32. The Labute approximate surface area is 105 Å². The van der Waals surface area contributed by atoms with Crippen LogP contribution in [0.25, 0.3) is 0 Å². The SMILES string of the molecule is CSCCCN[C@@H](C)c1cccc(Br)c1. The van der Waals surface area contributed by atoms with Gasteiger partial charge in [0.05, 0.1) is 0 Å². The molecule has 0 aliphatic heterocycles. The maximum Gasteiger partial charge on any atom is 0.0292 e. The third kappa shape index (κ3) is 5.05. The van der Waals surface area contributed by atoms with Gasteiger partial charge in [-0.3, -0.25) is 0 Å². The van der Waals surface area contributed by atoms with Crippen LogP contribution >= 0.6 is 27.7 Å². The molecule has 1 rings (SSSR count). The van der Waals surface area contributed by atoms with Gasteiger partial charge in [0.15, 0.2) is 0 Å². The van der Waals surface area contributed by atoms with Crippen LogP contribution in [-0.4, -0.2) is 18.6 Å². The summed E-state index contributed by atoms with van der Waals surface area (Å²) in [5.41, 5.74) is 1.34. The lowest BCUT2D eigenvalue weighted by atomic mass is 10.1. The van der Waals surface area contributed by atoms with E-state index in [1.165, 1.54) is 17.7 Å². The van der Waals surface area contributed by atoms with Crippen molar-refractivity contribution in [2.24, 2.45) is 0 Å². The smallest absolute Gasteiger partial charge is 0.0292 e. The molecule has 0 aliphatic carbocycles. The maximum absolute atomic E-state index is 3.53. The minimum absolute atomic E-state index is 0.435. The summed E-state index contributed by atoms with van der Waals surface area (Å²) in [5, 5.41) is 3.53. The molecule has 1 nitrogen and oxygen atoms in total. The second-order valence-corrected chi connectivity index (χ2v) is 5.48. The molecule has 0 spiro atoms. The van der Waals surface area contributed by atoms with Gasteiger partial charge in [0, 0.05) is 10.5 Å². The molecule has 3 heteroatoms. The number of hydrogen-bond donors (Lipinski definition) is 1. The zero-order chi connectivity index (χ0) is 11.1. The van der Waals surface area contributed by atoms with Crippen LogP contribution in [0, 0.1) is 0 Å². The van der Waals surface area contributed by atoms with Crippen LogP contribution in [0.15, 0.2) is 28.7 Å². The summed E-state index contributed by atoms with van der Waals surface area (Å²) < 4.78 is 1.15. The Bertz CT molecular complexity index is 291. The van der Waals surface area contributed by atoms with E-state index in [4.69, 9.17) is 0 Å². The molecular formula is C12H18BrNS. The van der Waals surface area contributed by atoms with Crippen molar-refractivity contribution >= 4 is 27.7 Å². The van der Waals surface area contributed by atoms with Crippen LogP contribution in [0.3, 0.4) is 0 Å². The predicted octanol–water partition coefficient (Wildman–Crippen LogP) is 3.85. The fraction of sp³-hybridized carbons (Fsp3) is 0.500. The molecule has 1 aromatic carbocycles. The van der Waals surface area contributed by atoms with E-state index in [2.05, 4.69) is 58.7 Å². The number of nitrogens with one attached hydrogen (secondary N) is 1. The number of halogens is 1. The van der Waals surface area contributed by atoms with Crippen LogP contribution in [0.5, 0.6) is 0 Å². The molecule has 0 heterocycles. The first-order valence-corrected chi connectivity index (χ1v) is 7.40. The summed E-state index contributed by atoms with van der Waals surface area (Å²) in [4.78, 5) is 0. The first-order valence-electron chi connectivity index (χ1n) is 5.22. The highest BCUT2D eigenvalue weighted by Crippen LogP contribution is 2.17. The highest BCUT2D eigenvalue weighted by atomic mass is 79.9. The maximum atomic E-state index is 3.53. The molecule has 84 valence electrons. The van der Waals surface area contributed by atoms with Gasteiger partial charge in [0.2, 0.25) is 0 Å². The molecular weight excluding hydrogens is 270 g/mol. The summed E-state index contributed by atoms with van der Waals surface area (Å²) in [7, 11) is 0. The second kappa shape index (κ2) is 7.31. The molecule has 1 N–H and O–H groups in total. The Morgan fingerprint density at radius 3 is 2.93 bits per heavy atom. The van der Waals surface area contributed by atoms with E-state index in [0.29, 0.717) is 6.04 Å². The van der Waals surface area contributed by atoms with Gasteiger partial charge in [0.1, 0.15) is 0 Å². The van der Waals surface area contributed by atoms with Gasteiger partial charge in [0.25, 0.3) is 0 Å². The zero-order valence-electron chi connectivity index (χ0n) is 9.29. The predicted molar refractivity (Wildman–Crippen MR) is 73.6 cm³/mol. The van der Waals surface area contributed by atoms with Gasteiger partial charge >= 0.3 is 0 Å².